The summed E-state index contributed by atoms with van der Waals surface area (Å²) in [6.45, 7) is 0.205. The van der Waals surface area contributed by atoms with E-state index in [0.717, 1.165) is 0 Å². The zero-order valence-corrected chi connectivity index (χ0v) is 11.1. The van der Waals surface area contributed by atoms with Gasteiger partial charge >= 0.3 is 0 Å². The lowest BCUT2D eigenvalue weighted by molar-refractivity contribution is -0.0113. The van der Waals surface area contributed by atoms with Crippen LogP contribution < -0.4 is 17.2 Å². The number of nitrogens with zero attached hydrogens (tertiary/aromatic N) is 3. The predicted octanol–water partition coefficient (Wildman–Crippen LogP) is -1.28. The van der Waals surface area contributed by atoms with E-state index in [-0.39, 0.29) is 17.9 Å². The Kier molecular flexibility index (Phi) is 3.24. The number of anilines is 1. The third-order valence-corrected chi connectivity index (χ3v) is 3.65. The second-order valence-electron chi connectivity index (χ2n) is 4.94. The number of aliphatic hydroxyl groups excluding tert-OH is 1. The van der Waals surface area contributed by atoms with Gasteiger partial charge in [-0.2, -0.15) is 0 Å². The number of primary amides is 1. The lowest BCUT2D eigenvalue weighted by Gasteiger charge is -2.14. The van der Waals surface area contributed by atoms with Crippen LogP contribution in [0.25, 0.3) is 11.0 Å². The molecular formula is C12H16N6O3. The van der Waals surface area contributed by atoms with Crippen LogP contribution >= 0.6 is 0 Å². The van der Waals surface area contributed by atoms with E-state index in [4.69, 9.17) is 21.9 Å². The van der Waals surface area contributed by atoms with Crippen molar-refractivity contribution in [2.75, 3.05) is 12.3 Å². The van der Waals surface area contributed by atoms with E-state index < -0.39 is 24.3 Å². The van der Waals surface area contributed by atoms with Gasteiger partial charge in [0.05, 0.1) is 23.2 Å². The van der Waals surface area contributed by atoms with Gasteiger partial charge in [0.25, 0.3) is 5.91 Å². The summed E-state index contributed by atoms with van der Waals surface area (Å²) < 4.78 is 7.32. The van der Waals surface area contributed by atoms with E-state index in [9.17, 15) is 9.90 Å². The van der Waals surface area contributed by atoms with Crippen molar-refractivity contribution < 1.29 is 14.6 Å². The van der Waals surface area contributed by atoms with Crippen LogP contribution in [-0.4, -0.2) is 44.3 Å². The number of ether oxygens (including phenoxy) is 1. The number of amides is 1. The molecule has 3 atom stereocenters. The van der Waals surface area contributed by atoms with Crippen LogP contribution in [0.3, 0.4) is 0 Å². The highest BCUT2D eigenvalue weighted by atomic mass is 16.5. The highest BCUT2D eigenvalue weighted by molar-refractivity contribution is 6.08. The lowest BCUT2D eigenvalue weighted by atomic mass is 10.2. The Morgan fingerprint density at radius 1 is 1.52 bits per heavy atom. The van der Waals surface area contributed by atoms with E-state index in [1.807, 2.05) is 0 Å². The first kappa shape index (κ1) is 13.7. The van der Waals surface area contributed by atoms with Crippen molar-refractivity contribution in [1.82, 2.24) is 14.5 Å². The molecule has 0 bridgehead atoms. The largest absolute Gasteiger partial charge is 0.390 e. The summed E-state index contributed by atoms with van der Waals surface area (Å²) in [5, 5.41) is 10.3. The van der Waals surface area contributed by atoms with Gasteiger partial charge in [0, 0.05) is 19.2 Å². The smallest absolute Gasteiger partial charge is 0.251 e. The van der Waals surface area contributed by atoms with Crippen LogP contribution in [0.2, 0.25) is 0 Å². The molecule has 1 amide bonds. The minimum Gasteiger partial charge on any atom is -0.390 e. The Morgan fingerprint density at radius 3 is 2.90 bits per heavy atom. The molecule has 1 saturated heterocycles. The summed E-state index contributed by atoms with van der Waals surface area (Å²) >= 11 is 0. The Morgan fingerprint density at radius 2 is 2.29 bits per heavy atom. The molecule has 0 radical (unpaired) electrons. The summed E-state index contributed by atoms with van der Waals surface area (Å²) in [4.78, 5) is 19.6. The highest BCUT2D eigenvalue weighted by Crippen LogP contribution is 2.33. The minimum absolute atomic E-state index is 0.168. The van der Waals surface area contributed by atoms with E-state index in [1.54, 1.807) is 4.57 Å². The molecule has 0 aromatic carbocycles. The number of hydrogen-bond acceptors (Lipinski definition) is 7. The lowest BCUT2D eigenvalue weighted by Crippen LogP contribution is -2.29. The first-order valence-corrected chi connectivity index (χ1v) is 6.47. The molecule has 3 rings (SSSR count). The van der Waals surface area contributed by atoms with Crippen LogP contribution in [0, 0.1) is 0 Å². The SMILES string of the molecule is NC[C@H]1O[C@@H](n2cc(C(N)=O)c3c(N)ncnc32)C[C@@H]1O. The molecule has 1 fully saturated rings. The molecule has 3 heterocycles. The van der Waals surface area contributed by atoms with Crippen molar-refractivity contribution >= 4 is 22.8 Å². The second kappa shape index (κ2) is 4.95. The second-order valence-corrected chi connectivity index (χ2v) is 4.94. The topological polar surface area (TPSA) is 155 Å². The maximum absolute atomic E-state index is 11.6. The standard InChI is InChI=1S/C12H16N6O3/c13-2-7-6(19)1-8(21-7)18-3-5(11(15)20)9-10(14)16-4-17-12(9)18/h3-4,6-8,19H,1-2,13H2,(H2,15,20)(H2,14,16,17)/t6-,7+,8+/m0/s1. The fraction of sp³-hybridized carbons (Fsp3) is 0.417. The maximum atomic E-state index is 11.6. The van der Waals surface area contributed by atoms with Crippen molar-refractivity contribution in [1.29, 1.82) is 0 Å². The van der Waals surface area contributed by atoms with Crippen molar-refractivity contribution in [3.63, 3.8) is 0 Å². The minimum atomic E-state index is -0.673. The molecule has 0 aliphatic carbocycles. The van der Waals surface area contributed by atoms with Gasteiger partial charge in [-0.1, -0.05) is 0 Å². The maximum Gasteiger partial charge on any atom is 0.251 e. The fourth-order valence-electron chi connectivity index (χ4n) is 2.61. The average molecular weight is 292 g/mol. The van der Waals surface area contributed by atoms with Crippen molar-refractivity contribution in [3.05, 3.63) is 18.1 Å². The summed E-state index contributed by atoms with van der Waals surface area (Å²) in [6.07, 6.45) is 1.54. The average Bonchev–Trinajstić information content (AvgIpc) is 3.00. The Hall–Kier alpha value is -2.23. The number of aliphatic hydroxyl groups is 1. The molecule has 1 aliphatic heterocycles. The number of nitrogen functional groups attached to an aromatic ring is 1. The Balaban J connectivity index is 2.12. The third-order valence-electron chi connectivity index (χ3n) is 3.65. The van der Waals surface area contributed by atoms with Crippen LogP contribution in [0.15, 0.2) is 12.5 Å². The number of rotatable bonds is 3. The molecule has 9 heteroatoms. The first-order chi connectivity index (χ1) is 10.0. The van der Waals surface area contributed by atoms with Crippen LogP contribution in [0.5, 0.6) is 0 Å². The predicted molar refractivity (Wildman–Crippen MR) is 74.0 cm³/mol. The highest BCUT2D eigenvalue weighted by Gasteiger charge is 2.35. The Bertz CT molecular complexity index is 700. The van der Waals surface area contributed by atoms with Crippen LogP contribution in [0.4, 0.5) is 5.82 Å². The van der Waals surface area contributed by atoms with Crippen molar-refractivity contribution in [2.24, 2.45) is 11.5 Å². The molecule has 0 spiro atoms. The van der Waals surface area contributed by atoms with E-state index in [1.165, 1.54) is 12.5 Å². The van der Waals surface area contributed by atoms with Gasteiger partial charge in [0.15, 0.2) is 0 Å². The number of carbonyl (C=O) groups excluding carboxylic acids is 1. The van der Waals surface area contributed by atoms with Gasteiger partial charge in [0.1, 0.15) is 24.0 Å². The van der Waals surface area contributed by atoms with Crippen molar-refractivity contribution in [3.8, 4) is 0 Å². The Labute approximate surface area is 119 Å². The van der Waals surface area contributed by atoms with Gasteiger partial charge in [0.2, 0.25) is 0 Å². The molecule has 0 unspecified atom stereocenters. The number of carbonyl (C=O) groups is 1. The van der Waals surface area contributed by atoms with E-state index in [2.05, 4.69) is 9.97 Å². The van der Waals surface area contributed by atoms with Gasteiger partial charge in [-0.15, -0.1) is 0 Å². The molecule has 2 aromatic heterocycles. The number of fused-ring (bicyclic) bond motifs is 1. The van der Waals surface area contributed by atoms with E-state index in [0.29, 0.717) is 17.5 Å². The fourth-order valence-corrected chi connectivity index (χ4v) is 2.61. The number of hydrogen-bond donors (Lipinski definition) is 4. The third kappa shape index (κ3) is 2.11. The van der Waals surface area contributed by atoms with Crippen molar-refractivity contribution in [2.45, 2.75) is 24.9 Å². The molecule has 9 nitrogen and oxygen atoms in total. The molecule has 21 heavy (non-hydrogen) atoms. The van der Waals surface area contributed by atoms with E-state index >= 15 is 0 Å². The molecule has 0 saturated carbocycles. The number of aromatic nitrogens is 3. The first-order valence-electron chi connectivity index (χ1n) is 6.47. The summed E-state index contributed by atoms with van der Waals surface area (Å²) in [7, 11) is 0. The van der Waals surface area contributed by atoms with Gasteiger partial charge < -0.3 is 31.6 Å². The molecular weight excluding hydrogens is 276 g/mol. The molecule has 112 valence electrons. The van der Waals surface area contributed by atoms with Gasteiger partial charge in [-0.25, -0.2) is 9.97 Å². The number of nitrogens with two attached hydrogens (primary N) is 3. The summed E-state index contributed by atoms with van der Waals surface area (Å²) in [5.41, 5.74) is 17.4. The van der Waals surface area contributed by atoms with Gasteiger partial charge in [-0.05, 0) is 0 Å². The molecule has 1 aliphatic rings. The van der Waals surface area contributed by atoms with Crippen LogP contribution in [0.1, 0.15) is 23.0 Å². The molecule has 2 aromatic rings. The summed E-state index contributed by atoms with van der Waals surface area (Å²) in [5.74, 6) is -0.462. The zero-order chi connectivity index (χ0) is 15.1. The van der Waals surface area contributed by atoms with Gasteiger partial charge in [-0.3, -0.25) is 4.79 Å². The van der Waals surface area contributed by atoms with Crippen LogP contribution in [-0.2, 0) is 4.74 Å². The summed E-state index contributed by atoms with van der Waals surface area (Å²) in [6, 6.07) is 0. The normalized spacial score (nSPS) is 25.5. The zero-order valence-electron chi connectivity index (χ0n) is 11.1. The monoisotopic (exact) mass is 292 g/mol. The quantitative estimate of drug-likeness (QED) is 0.549. The molecule has 7 N–H and O–H groups in total.